The van der Waals surface area contributed by atoms with Crippen molar-refractivity contribution in [2.24, 2.45) is 5.92 Å². The Hall–Kier alpha value is -3.97. The normalized spacial score (nSPS) is 15.4. The average molecular weight is 584 g/mol. The summed E-state index contributed by atoms with van der Waals surface area (Å²) in [5.41, 5.74) is 3.58. The van der Waals surface area contributed by atoms with Crippen LogP contribution in [0.1, 0.15) is 61.6 Å². The van der Waals surface area contributed by atoms with Crippen molar-refractivity contribution >= 4 is 11.8 Å². The van der Waals surface area contributed by atoms with Crippen molar-refractivity contribution in [3.63, 3.8) is 0 Å². The summed E-state index contributed by atoms with van der Waals surface area (Å²) in [6, 6.07) is 28.0. The molecule has 0 radical (unpaired) electrons. The van der Waals surface area contributed by atoms with Gasteiger partial charge in [0.05, 0.1) is 4.92 Å². The predicted octanol–water partition coefficient (Wildman–Crippen LogP) is 8.02. The molecule has 0 aromatic heterocycles. The predicted molar refractivity (Wildman–Crippen MR) is 172 cm³/mol. The Bertz CT molecular complexity index is 1270. The second-order valence-electron chi connectivity index (χ2n) is 11.6. The molecule has 7 nitrogen and oxygen atoms in total. The van der Waals surface area contributed by atoms with Crippen molar-refractivity contribution < 1.29 is 14.5 Å². The average Bonchev–Trinajstić information content (AvgIpc) is 3.05. The quantitative estimate of drug-likeness (QED) is 0.103. The van der Waals surface area contributed by atoms with E-state index in [4.69, 9.17) is 4.74 Å². The monoisotopic (exact) mass is 583 g/mol. The number of carbonyl (C=O) groups excluding carboxylic acids is 1. The number of ether oxygens (including phenoxy) is 1. The smallest absolute Gasteiger partial charge is 0.410 e. The largest absolute Gasteiger partial charge is 0.445 e. The van der Waals surface area contributed by atoms with Crippen LogP contribution >= 0.6 is 0 Å². The maximum atomic E-state index is 13.0. The van der Waals surface area contributed by atoms with E-state index in [1.54, 1.807) is 23.1 Å². The Morgan fingerprint density at radius 2 is 1.67 bits per heavy atom. The van der Waals surface area contributed by atoms with Gasteiger partial charge in [0.15, 0.2) is 0 Å². The summed E-state index contributed by atoms with van der Waals surface area (Å²) in [7, 11) is 0. The number of piperidine rings is 1. The third-order valence-electron chi connectivity index (χ3n) is 8.69. The lowest BCUT2D eigenvalue weighted by atomic mass is 9.82. The molecule has 0 aliphatic carbocycles. The van der Waals surface area contributed by atoms with Gasteiger partial charge >= 0.3 is 6.09 Å². The summed E-state index contributed by atoms with van der Waals surface area (Å²) in [5.74, 6) is 1.15. The Morgan fingerprint density at radius 3 is 2.28 bits per heavy atom. The molecule has 3 aromatic carbocycles. The van der Waals surface area contributed by atoms with Gasteiger partial charge in [-0.2, -0.15) is 0 Å². The molecule has 1 fully saturated rings. The zero-order valence-electron chi connectivity index (χ0n) is 25.4. The van der Waals surface area contributed by atoms with Crippen LogP contribution < -0.4 is 0 Å². The van der Waals surface area contributed by atoms with E-state index in [1.165, 1.54) is 36.1 Å². The molecule has 1 heterocycles. The Labute approximate surface area is 256 Å². The highest BCUT2D eigenvalue weighted by molar-refractivity contribution is 5.68. The van der Waals surface area contributed by atoms with Crippen molar-refractivity contribution in [2.75, 3.05) is 26.2 Å². The first-order valence-corrected chi connectivity index (χ1v) is 15.6. The van der Waals surface area contributed by atoms with E-state index < -0.39 is 4.92 Å². The highest BCUT2D eigenvalue weighted by atomic mass is 16.6. The minimum atomic E-state index is -0.441. The van der Waals surface area contributed by atoms with E-state index in [0.29, 0.717) is 18.4 Å². The summed E-state index contributed by atoms with van der Waals surface area (Å²) in [6.45, 7) is 9.59. The Morgan fingerprint density at radius 1 is 1.02 bits per heavy atom. The van der Waals surface area contributed by atoms with Gasteiger partial charge in [-0.15, -0.1) is 6.58 Å². The van der Waals surface area contributed by atoms with Crippen LogP contribution in [-0.2, 0) is 17.8 Å². The van der Waals surface area contributed by atoms with Gasteiger partial charge < -0.3 is 14.5 Å². The number of non-ortho nitro benzene ring substituents is 1. The van der Waals surface area contributed by atoms with Gasteiger partial charge in [-0.3, -0.25) is 10.1 Å². The van der Waals surface area contributed by atoms with E-state index in [1.807, 2.05) is 0 Å². The van der Waals surface area contributed by atoms with Crippen LogP contribution in [-0.4, -0.2) is 53.0 Å². The summed E-state index contributed by atoms with van der Waals surface area (Å²) in [6.07, 6.45) is 7.74. The zero-order chi connectivity index (χ0) is 30.4. The molecular weight excluding hydrogens is 538 g/mol. The van der Waals surface area contributed by atoms with Crippen LogP contribution in [0.3, 0.4) is 0 Å². The number of amides is 1. The molecule has 1 aliphatic heterocycles. The molecule has 228 valence electrons. The zero-order valence-corrected chi connectivity index (χ0v) is 25.4. The minimum Gasteiger partial charge on any atom is -0.445 e. The number of nitrogens with zero attached hydrogens (tertiary/aromatic N) is 3. The maximum absolute atomic E-state index is 13.0. The minimum absolute atomic E-state index is 0.0163. The number of nitro groups is 1. The topological polar surface area (TPSA) is 75.9 Å². The first-order valence-electron chi connectivity index (χ1n) is 15.6. The van der Waals surface area contributed by atoms with Crippen molar-refractivity contribution in [3.8, 4) is 0 Å². The van der Waals surface area contributed by atoms with Crippen molar-refractivity contribution in [1.82, 2.24) is 9.80 Å². The molecule has 0 saturated carbocycles. The number of rotatable bonds is 15. The molecule has 43 heavy (non-hydrogen) atoms. The molecule has 1 saturated heterocycles. The highest BCUT2D eigenvalue weighted by Gasteiger charge is 2.29. The standard InChI is InChI=1S/C36H45N3O4/c1-3-22-38(36(40)43-28-31-15-17-35(18-16-31)39(41)42)34-20-24-37(25-21-34)23-19-33(32-13-9-6-10-14-32)27-29(4-2)26-30-11-7-5-8-12-30/h3,5-18,29,33-34H,1,4,19-28H2,2H3. The number of nitro benzene ring substituents is 1. The second-order valence-corrected chi connectivity index (χ2v) is 11.6. The summed E-state index contributed by atoms with van der Waals surface area (Å²) in [4.78, 5) is 27.8. The fourth-order valence-electron chi connectivity index (χ4n) is 6.14. The number of hydrogen-bond donors (Lipinski definition) is 0. The molecule has 1 aliphatic rings. The first kappa shape index (κ1) is 32.0. The van der Waals surface area contributed by atoms with Crippen molar-refractivity contribution in [2.45, 2.75) is 64.0 Å². The third-order valence-corrected chi connectivity index (χ3v) is 8.69. The van der Waals surface area contributed by atoms with Gasteiger partial charge in [0.2, 0.25) is 0 Å². The van der Waals surface area contributed by atoms with Gasteiger partial charge in [0.1, 0.15) is 6.61 Å². The number of benzene rings is 3. The maximum Gasteiger partial charge on any atom is 0.410 e. The first-order chi connectivity index (χ1) is 21.0. The molecule has 3 aromatic rings. The molecule has 7 heteroatoms. The van der Waals surface area contributed by atoms with Crippen molar-refractivity contribution in [1.29, 1.82) is 0 Å². The molecule has 0 bridgehead atoms. The van der Waals surface area contributed by atoms with Crippen LogP contribution in [0.2, 0.25) is 0 Å². The molecule has 4 rings (SSSR count). The lowest BCUT2D eigenvalue weighted by molar-refractivity contribution is -0.384. The van der Waals surface area contributed by atoms with Crippen LogP contribution in [0.25, 0.3) is 0 Å². The SMILES string of the molecule is C=CCN(C(=O)OCc1ccc([N+](=O)[O-])cc1)C1CCN(CCC(CC(CC)Cc2ccccc2)c2ccccc2)CC1. The van der Waals surface area contributed by atoms with E-state index in [2.05, 4.69) is 79.1 Å². The van der Waals surface area contributed by atoms with E-state index in [-0.39, 0.29) is 24.4 Å². The molecule has 0 N–H and O–H groups in total. The van der Waals surface area contributed by atoms with E-state index in [0.717, 1.165) is 50.9 Å². The number of carbonyl (C=O) groups is 1. The summed E-state index contributed by atoms with van der Waals surface area (Å²) < 4.78 is 5.60. The molecular formula is C36H45N3O4. The number of likely N-dealkylation sites (tertiary alicyclic amines) is 1. The van der Waals surface area contributed by atoms with Gasteiger partial charge in [-0.25, -0.2) is 4.79 Å². The van der Waals surface area contributed by atoms with Gasteiger partial charge in [-0.1, -0.05) is 80.1 Å². The summed E-state index contributed by atoms with van der Waals surface area (Å²) in [5, 5.41) is 10.9. The van der Waals surface area contributed by atoms with Crippen molar-refractivity contribution in [3.05, 3.63) is 124 Å². The van der Waals surface area contributed by atoms with Gasteiger partial charge in [0, 0.05) is 37.8 Å². The van der Waals surface area contributed by atoms with E-state index >= 15 is 0 Å². The summed E-state index contributed by atoms with van der Waals surface area (Å²) >= 11 is 0. The molecule has 0 spiro atoms. The van der Waals surface area contributed by atoms with Crippen LogP contribution in [0.4, 0.5) is 10.5 Å². The third kappa shape index (κ3) is 9.79. The Kier molecular flexibility index (Phi) is 12.3. The number of hydrogen-bond acceptors (Lipinski definition) is 5. The van der Waals surface area contributed by atoms with Gasteiger partial charge in [-0.05, 0) is 79.3 Å². The van der Waals surface area contributed by atoms with Gasteiger partial charge in [0.25, 0.3) is 5.69 Å². The highest BCUT2D eigenvalue weighted by Crippen LogP contribution is 2.31. The molecule has 1 amide bonds. The van der Waals surface area contributed by atoms with E-state index in [9.17, 15) is 14.9 Å². The van der Waals surface area contributed by atoms with Crippen LogP contribution in [0.15, 0.2) is 97.6 Å². The lowest BCUT2D eigenvalue weighted by Crippen LogP contribution is -2.47. The molecule has 2 atom stereocenters. The van der Waals surface area contributed by atoms with Crippen LogP contribution in [0, 0.1) is 16.0 Å². The Balaban J connectivity index is 1.29. The van der Waals surface area contributed by atoms with Crippen LogP contribution in [0.5, 0.6) is 0 Å². The lowest BCUT2D eigenvalue weighted by Gasteiger charge is -2.38. The molecule has 2 unspecified atom stereocenters. The fraction of sp³-hybridized carbons (Fsp3) is 0.417. The fourth-order valence-corrected chi connectivity index (χ4v) is 6.14. The second kappa shape index (κ2) is 16.6.